The second-order valence-electron chi connectivity index (χ2n) is 6.52. The molecule has 154 valence electrons. The molecule has 3 unspecified atom stereocenters. The molecule has 1 aliphatic rings. The third-order valence-corrected chi connectivity index (χ3v) is 5.81. The summed E-state index contributed by atoms with van der Waals surface area (Å²) >= 11 is 0. The van der Waals surface area contributed by atoms with Crippen LogP contribution in [0.2, 0.25) is 0 Å². The molecule has 9 heteroatoms. The van der Waals surface area contributed by atoms with Crippen LogP contribution in [0.15, 0.2) is 35.3 Å². The largest absolute Gasteiger partial charge is 0.391 e. The van der Waals surface area contributed by atoms with E-state index >= 15 is 0 Å². The maximum atomic E-state index is 12.9. The minimum Gasteiger partial charge on any atom is -0.355 e. The van der Waals surface area contributed by atoms with Crippen molar-refractivity contribution >= 4 is 40.7 Å². The van der Waals surface area contributed by atoms with Crippen molar-refractivity contribution in [1.82, 2.24) is 10.6 Å². The highest BCUT2D eigenvalue weighted by Crippen LogP contribution is 2.37. The second kappa shape index (κ2) is 11.9. The molecule has 0 spiro atoms. The molecule has 1 aliphatic carbocycles. The maximum Gasteiger partial charge on any atom is 0.391 e. The van der Waals surface area contributed by atoms with Crippen LogP contribution in [0.4, 0.5) is 13.2 Å². The molecule has 1 saturated carbocycles. The van der Waals surface area contributed by atoms with E-state index in [-0.39, 0.29) is 42.9 Å². The van der Waals surface area contributed by atoms with Crippen molar-refractivity contribution in [2.75, 3.05) is 19.3 Å². The van der Waals surface area contributed by atoms with Crippen molar-refractivity contribution in [2.45, 2.75) is 43.7 Å². The zero-order valence-electron chi connectivity index (χ0n) is 15.3. The van der Waals surface area contributed by atoms with E-state index in [1.807, 2.05) is 30.3 Å². The quantitative estimate of drug-likeness (QED) is 0.343. The molecule has 0 aliphatic heterocycles. The molecule has 0 aromatic heterocycles. The Morgan fingerprint density at radius 1 is 1.26 bits per heavy atom. The minimum absolute atomic E-state index is 0. The Morgan fingerprint density at radius 2 is 1.96 bits per heavy atom. The molecule has 0 radical (unpaired) electrons. The van der Waals surface area contributed by atoms with Gasteiger partial charge in [0.25, 0.3) is 0 Å². The summed E-state index contributed by atoms with van der Waals surface area (Å²) in [5.74, 6) is 0.162. The van der Waals surface area contributed by atoms with E-state index in [1.54, 1.807) is 7.05 Å². The zero-order chi connectivity index (χ0) is 19.0. The van der Waals surface area contributed by atoms with Crippen molar-refractivity contribution in [2.24, 2.45) is 10.9 Å². The number of benzene rings is 1. The van der Waals surface area contributed by atoms with E-state index in [1.165, 1.54) is 0 Å². The summed E-state index contributed by atoms with van der Waals surface area (Å²) in [5.41, 5.74) is 1.02. The average Bonchev–Trinajstić information content (AvgIpc) is 2.61. The van der Waals surface area contributed by atoms with Crippen LogP contribution in [0.5, 0.6) is 0 Å². The summed E-state index contributed by atoms with van der Waals surface area (Å²) in [4.78, 5) is 4.06. The fourth-order valence-electron chi connectivity index (χ4n) is 3.12. The third-order valence-electron chi connectivity index (χ3n) is 4.49. The van der Waals surface area contributed by atoms with Crippen LogP contribution in [0.3, 0.4) is 0 Å². The third kappa shape index (κ3) is 8.80. The van der Waals surface area contributed by atoms with Crippen LogP contribution < -0.4 is 10.6 Å². The van der Waals surface area contributed by atoms with E-state index in [4.69, 9.17) is 0 Å². The van der Waals surface area contributed by atoms with Crippen molar-refractivity contribution in [3.05, 3.63) is 35.9 Å². The monoisotopic (exact) mass is 517 g/mol. The molecular formula is C18H27F3IN3OS. The first kappa shape index (κ1) is 24.2. The van der Waals surface area contributed by atoms with Gasteiger partial charge in [-0.3, -0.25) is 9.20 Å². The van der Waals surface area contributed by atoms with Crippen LogP contribution >= 0.6 is 24.0 Å². The van der Waals surface area contributed by atoms with Crippen LogP contribution in [-0.2, 0) is 16.6 Å². The van der Waals surface area contributed by atoms with Crippen LogP contribution in [0, 0.1) is 5.92 Å². The molecule has 0 bridgehead atoms. The fourth-order valence-corrected chi connectivity index (χ4v) is 4.16. The van der Waals surface area contributed by atoms with Crippen LogP contribution in [-0.4, -0.2) is 41.7 Å². The van der Waals surface area contributed by atoms with Gasteiger partial charge in [-0.1, -0.05) is 36.8 Å². The molecule has 2 rings (SSSR count). The average molecular weight is 517 g/mol. The molecule has 27 heavy (non-hydrogen) atoms. The fraction of sp³-hybridized carbons (Fsp3) is 0.611. The Labute approximate surface area is 178 Å². The topological polar surface area (TPSA) is 53.5 Å². The van der Waals surface area contributed by atoms with Gasteiger partial charge in [0.05, 0.1) is 5.92 Å². The highest BCUT2D eigenvalue weighted by atomic mass is 127. The molecule has 4 nitrogen and oxygen atoms in total. The first-order valence-corrected chi connectivity index (χ1v) is 10.3. The summed E-state index contributed by atoms with van der Waals surface area (Å²) in [6.45, 7) is 0.453. The predicted molar refractivity (Wildman–Crippen MR) is 115 cm³/mol. The van der Waals surface area contributed by atoms with Gasteiger partial charge in [0.1, 0.15) is 0 Å². The van der Waals surface area contributed by atoms with Gasteiger partial charge in [0, 0.05) is 41.9 Å². The van der Waals surface area contributed by atoms with Gasteiger partial charge in [0.2, 0.25) is 0 Å². The van der Waals surface area contributed by atoms with Gasteiger partial charge in [0.15, 0.2) is 5.96 Å². The minimum atomic E-state index is -4.13. The van der Waals surface area contributed by atoms with Gasteiger partial charge in [-0.15, -0.1) is 24.0 Å². The Kier molecular flexibility index (Phi) is 10.6. The van der Waals surface area contributed by atoms with Crippen molar-refractivity contribution in [1.29, 1.82) is 0 Å². The van der Waals surface area contributed by atoms with Crippen molar-refractivity contribution in [3.8, 4) is 0 Å². The van der Waals surface area contributed by atoms with Crippen LogP contribution in [0.25, 0.3) is 0 Å². The predicted octanol–water partition coefficient (Wildman–Crippen LogP) is 3.84. The molecule has 0 heterocycles. The summed E-state index contributed by atoms with van der Waals surface area (Å²) < 4.78 is 50.8. The van der Waals surface area contributed by atoms with Gasteiger partial charge in [-0.05, 0) is 24.8 Å². The highest BCUT2D eigenvalue weighted by Gasteiger charge is 2.42. The lowest BCUT2D eigenvalue weighted by Crippen LogP contribution is -2.47. The molecule has 0 saturated heterocycles. The zero-order valence-corrected chi connectivity index (χ0v) is 18.4. The van der Waals surface area contributed by atoms with Gasteiger partial charge in [-0.2, -0.15) is 13.2 Å². The lowest BCUT2D eigenvalue weighted by atomic mass is 9.85. The SMILES string of the molecule is CN=C(NCCS(=O)Cc1ccccc1)NC1CCCC(C(F)(F)F)C1.I. The lowest BCUT2D eigenvalue weighted by molar-refractivity contribution is -0.183. The van der Waals surface area contributed by atoms with Gasteiger partial charge >= 0.3 is 6.18 Å². The number of nitrogens with zero attached hydrogens (tertiary/aromatic N) is 1. The standard InChI is InChI=1S/C18H26F3N3OS.HI/c1-22-17(24-16-9-5-8-15(12-16)18(19,20)21)23-10-11-26(25)13-14-6-3-2-4-7-14;/h2-4,6-7,15-16H,5,8-13H2,1H3,(H2,22,23,24);1H. The Hall–Kier alpha value is -0.840. The molecular weight excluding hydrogens is 490 g/mol. The lowest BCUT2D eigenvalue weighted by Gasteiger charge is -2.31. The first-order valence-electron chi connectivity index (χ1n) is 8.81. The smallest absolute Gasteiger partial charge is 0.355 e. The summed E-state index contributed by atoms with van der Waals surface area (Å²) in [6.07, 6.45) is -2.60. The number of alkyl halides is 3. The van der Waals surface area contributed by atoms with Crippen molar-refractivity contribution < 1.29 is 17.4 Å². The van der Waals surface area contributed by atoms with Crippen molar-refractivity contribution in [3.63, 3.8) is 0 Å². The number of nitrogens with one attached hydrogen (secondary N) is 2. The normalized spacial score (nSPS) is 21.9. The van der Waals surface area contributed by atoms with Gasteiger partial charge < -0.3 is 10.6 Å². The number of aliphatic imine (C=N–C) groups is 1. The number of guanidine groups is 1. The Bertz CT molecular complexity index is 614. The van der Waals surface area contributed by atoms with E-state index in [9.17, 15) is 17.4 Å². The summed E-state index contributed by atoms with van der Waals surface area (Å²) in [6, 6.07) is 9.37. The maximum absolute atomic E-state index is 12.9. The Balaban J connectivity index is 0.00000364. The summed E-state index contributed by atoms with van der Waals surface area (Å²) in [5, 5.41) is 6.12. The number of halogens is 4. The molecule has 1 aromatic rings. The summed E-state index contributed by atoms with van der Waals surface area (Å²) in [7, 11) is 0.576. The van der Waals surface area contributed by atoms with Crippen LogP contribution in [0.1, 0.15) is 31.2 Å². The molecule has 1 aromatic carbocycles. The van der Waals surface area contributed by atoms with Gasteiger partial charge in [-0.25, -0.2) is 0 Å². The van der Waals surface area contributed by atoms with E-state index < -0.39 is 22.9 Å². The number of hydrogen-bond acceptors (Lipinski definition) is 2. The molecule has 1 fully saturated rings. The number of hydrogen-bond donors (Lipinski definition) is 2. The molecule has 3 atom stereocenters. The molecule has 2 N–H and O–H groups in total. The van der Waals surface area contributed by atoms with E-state index in [0.29, 0.717) is 36.9 Å². The highest BCUT2D eigenvalue weighted by molar-refractivity contribution is 14.0. The molecule has 0 amide bonds. The Morgan fingerprint density at radius 3 is 2.59 bits per heavy atom. The van der Waals surface area contributed by atoms with E-state index in [2.05, 4.69) is 15.6 Å². The number of rotatable bonds is 6. The first-order chi connectivity index (χ1) is 12.4. The van der Waals surface area contributed by atoms with E-state index in [0.717, 1.165) is 5.56 Å². The second-order valence-corrected chi connectivity index (χ2v) is 8.10.